The van der Waals surface area contributed by atoms with Crippen LogP contribution in [0.15, 0.2) is 54.7 Å². The van der Waals surface area contributed by atoms with Crippen LogP contribution in [0.3, 0.4) is 0 Å². The lowest BCUT2D eigenvalue weighted by Crippen LogP contribution is -1.90. The van der Waals surface area contributed by atoms with Crippen molar-refractivity contribution in [2.75, 3.05) is 0 Å². The maximum Gasteiger partial charge on any atom is 0.153 e. The van der Waals surface area contributed by atoms with E-state index in [1.54, 1.807) is 24.4 Å². The highest BCUT2D eigenvalue weighted by Gasteiger charge is 2.06. The van der Waals surface area contributed by atoms with E-state index < -0.39 is 0 Å². The summed E-state index contributed by atoms with van der Waals surface area (Å²) in [5.41, 5.74) is 1.25. The minimum atomic E-state index is 0.415. The molecule has 0 aliphatic heterocycles. The summed E-state index contributed by atoms with van der Waals surface area (Å²) >= 11 is 5.85. The van der Waals surface area contributed by atoms with Gasteiger partial charge in [-0.1, -0.05) is 17.7 Å². The topological polar surface area (TPSA) is 39.2 Å². The second-order valence-corrected chi connectivity index (χ2v) is 4.70. The van der Waals surface area contributed by atoms with Crippen molar-refractivity contribution in [2.24, 2.45) is 0 Å². The quantitative estimate of drug-likeness (QED) is 0.665. The van der Waals surface area contributed by atoms with E-state index in [2.05, 4.69) is 4.98 Å². The molecule has 0 N–H and O–H groups in total. The first-order valence-corrected chi connectivity index (χ1v) is 6.41. The summed E-state index contributed by atoms with van der Waals surface area (Å²) in [6.07, 6.45) is 2.45. The Morgan fingerprint density at radius 1 is 1.10 bits per heavy atom. The molecular formula is C16H10ClNO2. The number of ether oxygens (including phenoxy) is 1. The molecule has 0 saturated carbocycles. The molecule has 0 aliphatic rings. The van der Waals surface area contributed by atoms with Crippen molar-refractivity contribution < 1.29 is 9.53 Å². The standard InChI is InChI=1S/C16H10ClNO2/c17-13-4-6-16(12(8-13)10-19)20-14-5-3-11-2-1-7-18-15(11)9-14/h1-10H. The van der Waals surface area contributed by atoms with E-state index >= 15 is 0 Å². The van der Waals surface area contributed by atoms with Gasteiger partial charge in [-0.2, -0.15) is 0 Å². The van der Waals surface area contributed by atoms with Crippen LogP contribution in [0.2, 0.25) is 5.02 Å². The lowest BCUT2D eigenvalue weighted by Gasteiger charge is -2.08. The summed E-state index contributed by atoms with van der Waals surface area (Å²) < 4.78 is 5.73. The van der Waals surface area contributed by atoms with Crippen LogP contribution in [-0.4, -0.2) is 11.3 Å². The second kappa shape index (κ2) is 5.31. The molecule has 3 aromatic rings. The van der Waals surface area contributed by atoms with Gasteiger partial charge in [-0.05, 0) is 36.4 Å². The number of carbonyl (C=O) groups excluding carboxylic acids is 1. The Morgan fingerprint density at radius 2 is 2.00 bits per heavy atom. The lowest BCUT2D eigenvalue weighted by molar-refractivity contribution is 0.112. The summed E-state index contributed by atoms with van der Waals surface area (Å²) in [5, 5.41) is 1.53. The summed E-state index contributed by atoms with van der Waals surface area (Å²) in [7, 11) is 0. The third-order valence-corrected chi connectivity index (χ3v) is 3.14. The van der Waals surface area contributed by atoms with Crippen molar-refractivity contribution >= 4 is 28.8 Å². The van der Waals surface area contributed by atoms with Crippen LogP contribution in [0.4, 0.5) is 0 Å². The van der Waals surface area contributed by atoms with Gasteiger partial charge in [0, 0.05) is 22.7 Å². The van der Waals surface area contributed by atoms with Crippen LogP contribution < -0.4 is 4.74 Å². The Bertz CT molecular complexity index is 786. The van der Waals surface area contributed by atoms with Gasteiger partial charge in [-0.25, -0.2) is 0 Å². The normalized spacial score (nSPS) is 10.4. The van der Waals surface area contributed by atoms with Crippen molar-refractivity contribution in [2.45, 2.75) is 0 Å². The molecule has 3 rings (SSSR count). The van der Waals surface area contributed by atoms with E-state index in [-0.39, 0.29) is 0 Å². The summed E-state index contributed by atoms with van der Waals surface area (Å²) in [4.78, 5) is 15.3. The fourth-order valence-corrected chi connectivity index (χ4v) is 2.12. The van der Waals surface area contributed by atoms with Gasteiger partial charge in [0.2, 0.25) is 0 Å². The molecule has 4 heteroatoms. The summed E-state index contributed by atoms with van der Waals surface area (Å²) in [6, 6.07) is 14.4. The number of halogens is 1. The first-order chi connectivity index (χ1) is 9.76. The monoisotopic (exact) mass is 283 g/mol. The van der Waals surface area contributed by atoms with Gasteiger partial charge < -0.3 is 4.74 Å². The molecule has 0 amide bonds. The molecule has 0 saturated heterocycles. The molecule has 0 atom stereocenters. The summed E-state index contributed by atoms with van der Waals surface area (Å²) in [6.45, 7) is 0. The van der Waals surface area contributed by atoms with Crippen LogP contribution in [-0.2, 0) is 0 Å². The molecule has 1 heterocycles. The number of aromatic nitrogens is 1. The highest BCUT2D eigenvalue weighted by atomic mass is 35.5. The summed E-state index contributed by atoms with van der Waals surface area (Å²) in [5.74, 6) is 1.10. The molecule has 0 fully saturated rings. The van der Waals surface area contributed by atoms with E-state index in [9.17, 15) is 4.79 Å². The minimum Gasteiger partial charge on any atom is -0.457 e. The molecule has 98 valence electrons. The van der Waals surface area contributed by atoms with Crippen LogP contribution in [0.25, 0.3) is 10.9 Å². The zero-order valence-electron chi connectivity index (χ0n) is 10.4. The Hall–Kier alpha value is -2.39. The van der Waals surface area contributed by atoms with Gasteiger partial charge in [-0.3, -0.25) is 9.78 Å². The maximum absolute atomic E-state index is 11.0. The van der Waals surface area contributed by atoms with Crippen LogP contribution in [0.1, 0.15) is 10.4 Å². The molecule has 0 radical (unpaired) electrons. The number of hydrogen-bond donors (Lipinski definition) is 0. The Kier molecular flexibility index (Phi) is 3.35. The van der Waals surface area contributed by atoms with Crippen LogP contribution in [0.5, 0.6) is 11.5 Å². The van der Waals surface area contributed by atoms with Crippen LogP contribution >= 0.6 is 11.6 Å². The van der Waals surface area contributed by atoms with E-state index in [1.165, 1.54) is 0 Å². The number of aldehydes is 1. The number of pyridine rings is 1. The first kappa shape index (κ1) is 12.6. The predicted octanol–water partition coefficient (Wildman–Crippen LogP) is 4.49. The van der Waals surface area contributed by atoms with Gasteiger partial charge in [0.15, 0.2) is 6.29 Å². The largest absolute Gasteiger partial charge is 0.457 e. The van der Waals surface area contributed by atoms with E-state index in [0.29, 0.717) is 22.1 Å². The highest BCUT2D eigenvalue weighted by molar-refractivity contribution is 6.30. The van der Waals surface area contributed by atoms with E-state index in [1.807, 2.05) is 30.3 Å². The third kappa shape index (κ3) is 2.49. The molecule has 0 unspecified atom stereocenters. The van der Waals surface area contributed by atoms with Crippen molar-refractivity contribution in [3.63, 3.8) is 0 Å². The van der Waals surface area contributed by atoms with Gasteiger partial charge in [0.25, 0.3) is 0 Å². The van der Waals surface area contributed by atoms with E-state index in [4.69, 9.17) is 16.3 Å². The van der Waals surface area contributed by atoms with Gasteiger partial charge in [0.1, 0.15) is 11.5 Å². The van der Waals surface area contributed by atoms with Gasteiger partial charge in [0.05, 0.1) is 11.1 Å². The SMILES string of the molecule is O=Cc1cc(Cl)ccc1Oc1ccc2cccnc2c1. The average molecular weight is 284 g/mol. The molecule has 0 aliphatic carbocycles. The number of hydrogen-bond acceptors (Lipinski definition) is 3. The lowest BCUT2D eigenvalue weighted by atomic mass is 10.2. The first-order valence-electron chi connectivity index (χ1n) is 6.03. The van der Waals surface area contributed by atoms with Crippen molar-refractivity contribution in [1.29, 1.82) is 0 Å². The number of fused-ring (bicyclic) bond motifs is 1. The minimum absolute atomic E-state index is 0.415. The van der Waals surface area contributed by atoms with Gasteiger partial charge >= 0.3 is 0 Å². The van der Waals surface area contributed by atoms with Gasteiger partial charge in [-0.15, -0.1) is 0 Å². The number of rotatable bonds is 3. The zero-order chi connectivity index (χ0) is 13.9. The Balaban J connectivity index is 1.98. The smallest absolute Gasteiger partial charge is 0.153 e. The molecular weight excluding hydrogens is 274 g/mol. The molecule has 1 aromatic heterocycles. The Morgan fingerprint density at radius 3 is 2.85 bits per heavy atom. The fraction of sp³-hybridized carbons (Fsp3) is 0. The predicted molar refractivity (Wildman–Crippen MR) is 78.7 cm³/mol. The van der Waals surface area contributed by atoms with E-state index in [0.717, 1.165) is 17.2 Å². The molecule has 20 heavy (non-hydrogen) atoms. The number of carbonyl (C=O) groups is 1. The second-order valence-electron chi connectivity index (χ2n) is 4.26. The average Bonchev–Trinajstić information content (AvgIpc) is 2.49. The molecule has 0 spiro atoms. The Labute approximate surface area is 120 Å². The number of benzene rings is 2. The molecule has 2 aromatic carbocycles. The zero-order valence-corrected chi connectivity index (χ0v) is 11.2. The number of nitrogens with zero attached hydrogens (tertiary/aromatic N) is 1. The van der Waals surface area contributed by atoms with Crippen molar-refractivity contribution in [1.82, 2.24) is 4.98 Å². The fourth-order valence-electron chi connectivity index (χ4n) is 1.94. The van der Waals surface area contributed by atoms with Crippen LogP contribution in [0, 0.1) is 0 Å². The van der Waals surface area contributed by atoms with Crippen molar-refractivity contribution in [3.05, 3.63) is 65.3 Å². The maximum atomic E-state index is 11.0. The third-order valence-electron chi connectivity index (χ3n) is 2.90. The highest BCUT2D eigenvalue weighted by Crippen LogP contribution is 2.28. The molecule has 0 bridgehead atoms. The van der Waals surface area contributed by atoms with Crippen molar-refractivity contribution in [3.8, 4) is 11.5 Å². The molecule has 3 nitrogen and oxygen atoms in total.